The van der Waals surface area contributed by atoms with Crippen LogP contribution in [0.15, 0.2) is 118 Å². The third kappa shape index (κ3) is 11.5. The Hall–Kier alpha value is -2.60. The summed E-state index contributed by atoms with van der Waals surface area (Å²) in [6, 6.07) is 0. The monoisotopic (exact) mass is 538 g/mol. The Balaban J connectivity index is 1.83. The zero-order chi connectivity index (χ0) is 29.8. The van der Waals surface area contributed by atoms with Crippen LogP contribution in [0.2, 0.25) is 0 Å². The van der Waals surface area contributed by atoms with Crippen molar-refractivity contribution in [3.63, 3.8) is 0 Å². The maximum Gasteiger partial charge on any atom is 0.00285 e. The zero-order valence-electron chi connectivity index (χ0n) is 27.5. The Bertz CT molecular complexity index is 1150. The molecule has 0 fully saturated rings. The molecule has 0 N–H and O–H groups in total. The fraction of sp³-hybridized carbons (Fsp3) is 0.500. The van der Waals surface area contributed by atoms with E-state index in [0.29, 0.717) is 16.7 Å². The lowest BCUT2D eigenvalue weighted by Gasteiger charge is -2.36. The molecule has 40 heavy (non-hydrogen) atoms. The van der Waals surface area contributed by atoms with Crippen LogP contribution in [0.1, 0.15) is 114 Å². The van der Waals surface area contributed by atoms with Gasteiger partial charge in [-0.2, -0.15) is 0 Å². The zero-order valence-corrected chi connectivity index (χ0v) is 27.5. The minimum atomic E-state index is 0.346. The van der Waals surface area contributed by atoms with Gasteiger partial charge in [-0.05, 0) is 97.3 Å². The summed E-state index contributed by atoms with van der Waals surface area (Å²) in [4.78, 5) is 0. The highest BCUT2D eigenvalue weighted by Crippen LogP contribution is 2.43. The summed E-state index contributed by atoms with van der Waals surface area (Å²) >= 11 is 0. The smallest absolute Gasteiger partial charge is 0.00285 e. The van der Waals surface area contributed by atoms with E-state index < -0.39 is 0 Å². The molecule has 0 saturated heterocycles. The third-order valence-electron chi connectivity index (χ3n) is 8.88. The molecule has 0 nitrogen and oxygen atoms in total. The first-order valence-electron chi connectivity index (χ1n) is 15.6. The second-order valence-corrected chi connectivity index (χ2v) is 13.7. The molecule has 0 aromatic rings. The van der Waals surface area contributed by atoms with Crippen molar-refractivity contribution in [2.75, 3.05) is 0 Å². The number of allylic oxidation sites excluding steroid dienone is 20. The highest BCUT2D eigenvalue weighted by molar-refractivity contribution is 5.32. The molecule has 0 amide bonds. The quantitative estimate of drug-likeness (QED) is 0.181. The van der Waals surface area contributed by atoms with Crippen LogP contribution in [0.3, 0.4) is 0 Å². The fourth-order valence-corrected chi connectivity index (χ4v) is 6.16. The molecule has 0 heteroatoms. The number of hydrogen-bond acceptors (Lipinski definition) is 0. The summed E-state index contributed by atoms with van der Waals surface area (Å²) in [6.07, 6.45) is 37.7. The Morgan fingerprint density at radius 2 is 1.35 bits per heavy atom. The standard InChI is InChI=1S/C40H58/c1-31(19-13-21-33(3)25-27-37-35(5)23-15-29-39(37,7)8)17-11-12-18-32(2)20-14-22-34(4)26-28-38-36(6)24-16-30-40(38,9)10/h11-14,17-23,25,27,37H,15-16,24,26,28-30H2,1-10H3/b12-11+,19-13+,20-14+,27-25+,31-17+,32-18+,33-21+,34-22+/t37-/m0/s1. The summed E-state index contributed by atoms with van der Waals surface area (Å²) in [7, 11) is 0. The van der Waals surface area contributed by atoms with E-state index in [1.54, 1.807) is 11.1 Å². The highest BCUT2D eigenvalue weighted by Gasteiger charge is 2.30. The molecule has 0 radical (unpaired) electrons. The van der Waals surface area contributed by atoms with E-state index in [4.69, 9.17) is 0 Å². The Labute approximate surface area is 248 Å². The van der Waals surface area contributed by atoms with Crippen molar-refractivity contribution in [1.82, 2.24) is 0 Å². The summed E-state index contributed by atoms with van der Waals surface area (Å²) in [6.45, 7) is 23.0. The minimum absolute atomic E-state index is 0.346. The summed E-state index contributed by atoms with van der Waals surface area (Å²) in [5, 5.41) is 0. The van der Waals surface area contributed by atoms with Gasteiger partial charge in [-0.15, -0.1) is 0 Å². The lowest BCUT2D eigenvalue weighted by Crippen LogP contribution is -2.26. The van der Waals surface area contributed by atoms with Gasteiger partial charge in [0.15, 0.2) is 0 Å². The van der Waals surface area contributed by atoms with Crippen LogP contribution in [0.25, 0.3) is 0 Å². The third-order valence-corrected chi connectivity index (χ3v) is 8.88. The topological polar surface area (TPSA) is 0 Å². The molecule has 2 aliphatic rings. The second kappa shape index (κ2) is 16.0. The van der Waals surface area contributed by atoms with Crippen LogP contribution in [0.5, 0.6) is 0 Å². The van der Waals surface area contributed by atoms with Gasteiger partial charge in [0.25, 0.3) is 0 Å². The molecule has 0 aromatic carbocycles. The molecule has 1 atom stereocenters. The van der Waals surface area contributed by atoms with Crippen molar-refractivity contribution in [3.8, 4) is 0 Å². The molecule has 0 spiro atoms. The first-order chi connectivity index (χ1) is 18.8. The van der Waals surface area contributed by atoms with Gasteiger partial charge < -0.3 is 0 Å². The minimum Gasteiger partial charge on any atom is -0.0850 e. The van der Waals surface area contributed by atoms with Crippen molar-refractivity contribution in [3.05, 3.63) is 118 Å². The van der Waals surface area contributed by atoms with Crippen LogP contribution in [0.4, 0.5) is 0 Å². The fourth-order valence-electron chi connectivity index (χ4n) is 6.16. The number of rotatable bonds is 11. The molecule has 2 aliphatic carbocycles. The lowest BCUT2D eigenvalue weighted by molar-refractivity contribution is 0.255. The van der Waals surface area contributed by atoms with E-state index in [1.807, 2.05) is 0 Å². The molecule has 0 bridgehead atoms. The molecule has 218 valence electrons. The molecule has 0 unspecified atom stereocenters. The van der Waals surface area contributed by atoms with E-state index in [2.05, 4.69) is 148 Å². The molecule has 0 saturated carbocycles. The van der Waals surface area contributed by atoms with Crippen LogP contribution < -0.4 is 0 Å². The van der Waals surface area contributed by atoms with Gasteiger partial charge in [0.05, 0.1) is 0 Å². The van der Waals surface area contributed by atoms with Gasteiger partial charge >= 0.3 is 0 Å². The van der Waals surface area contributed by atoms with Gasteiger partial charge in [-0.3, -0.25) is 0 Å². The highest BCUT2D eigenvalue weighted by atomic mass is 14.4. The summed E-state index contributed by atoms with van der Waals surface area (Å²) in [5.41, 5.74) is 10.8. The molecule has 0 heterocycles. The van der Waals surface area contributed by atoms with Gasteiger partial charge in [-0.25, -0.2) is 0 Å². The molecular weight excluding hydrogens is 480 g/mol. The number of hydrogen-bond donors (Lipinski definition) is 0. The predicted octanol–water partition coefficient (Wildman–Crippen LogP) is 12.7. The van der Waals surface area contributed by atoms with Crippen LogP contribution in [-0.2, 0) is 0 Å². The predicted molar refractivity (Wildman–Crippen MR) is 181 cm³/mol. The van der Waals surface area contributed by atoms with Gasteiger partial charge in [0.1, 0.15) is 0 Å². The first-order valence-corrected chi connectivity index (χ1v) is 15.6. The van der Waals surface area contributed by atoms with E-state index in [1.165, 1.54) is 66.4 Å². The van der Waals surface area contributed by atoms with Gasteiger partial charge in [-0.1, -0.05) is 146 Å². The average molecular weight is 539 g/mol. The molecule has 2 rings (SSSR count). The SMILES string of the molecule is CC1=CCCC(C)(C)[C@H]1/C=C/C(C)=C/C=C/C(C)=C/C=C/C=C(C)/C=C/C=C(\C)CCC1=C(C)CCCC1(C)C. The van der Waals surface area contributed by atoms with E-state index in [9.17, 15) is 0 Å². The first kappa shape index (κ1) is 33.6. The molecular formula is C40H58. The van der Waals surface area contributed by atoms with Gasteiger partial charge in [0, 0.05) is 5.92 Å². The van der Waals surface area contributed by atoms with Crippen molar-refractivity contribution in [2.24, 2.45) is 16.7 Å². The molecule has 0 aromatic heterocycles. The average Bonchev–Trinajstić information content (AvgIpc) is 2.85. The summed E-state index contributed by atoms with van der Waals surface area (Å²) in [5.74, 6) is 0.535. The van der Waals surface area contributed by atoms with Crippen LogP contribution >= 0.6 is 0 Å². The Kier molecular flexibility index (Phi) is 13.4. The van der Waals surface area contributed by atoms with Crippen LogP contribution in [0, 0.1) is 16.7 Å². The summed E-state index contributed by atoms with van der Waals surface area (Å²) < 4.78 is 0. The van der Waals surface area contributed by atoms with Crippen molar-refractivity contribution in [1.29, 1.82) is 0 Å². The van der Waals surface area contributed by atoms with Gasteiger partial charge in [0.2, 0.25) is 0 Å². The lowest BCUT2D eigenvalue weighted by atomic mass is 9.68. The Morgan fingerprint density at radius 3 is 1.95 bits per heavy atom. The maximum atomic E-state index is 2.42. The normalized spacial score (nSPS) is 23.4. The van der Waals surface area contributed by atoms with E-state index >= 15 is 0 Å². The van der Waals surface area contributed by atoms with Crippen LogP contribution in [-0.4, -0.2) is 0 Å². The maximum absolute atomic E-state index is 2.42. The molecule has 0 aliphatic heterocycles. The van der Waals surface area contributed by atoms with Crippen molar-refractivity contribution >= 4 is 0 Å². The largest absolute Gasteiger partial charge is 0.0850 e. The van der Waals surface area contributed by atoms with Crippen molar-refractivity contribution < 1.29 is 0 Å². The van der Waals surface area contributed by atoms with E-state index in [-0.39, 0.29) is 0 Å². The second-order valence-electron chi connectivity index (χ2n) is 13.7. The van der Waals surface area contributed by atoms with E-state index in [0.717, 1.165) is 6.42 Å². The Morgan fingerprint density at radius 1 is 0.775 bits per heavy atom. The van der Waals surface area contributed by atoms with Crippen molar-refractivity contribution in [2.45, 2.75) is 114 Å².